The van der Waals surface area contributed by atoms with E-state index in [1.165, 1.54) is 15.8 Å². The molecule has 0 aliphatic carbocycles. The number of aryl methyl sites for hydroxylation is 1. The van der Waals surface area contributed by atoms with Gasteiger partial charge in [-0.1, -0.05) is 6.92 Å². The molecular formula is C11H20N4O4S3. The van der Waals surface area contributed by atoms with Gasteiger partial charge in [-0.15, -0.1) is 0 Å². The van der Waals surface area contributed by atoms with E-state index >= 15 is 0 Å². The Bertz CT molecular complexity index is 705. The average molecular weight is 369 g/mol. The molecule has 2 rings (SSSR count). The second-order valence-electron chi connectivity index (χ2n) is 5.18. The molecule has 22 heavy (non-hydrogen) atoms. The molecule has 1 aromatic heterocycles. The molecule has 0 aromatic carbocycles. The van der Waals surface area contributed by atoms with Crippen molar-refractivity contribution in [1.29, 1.82) is 0 Å². The average Bonchev–Trinajstić information content (AvgIpc) is 2.94. The van der Waals surface area contributed by atoms with Crippen LogP contribution in [0.15, 0.2) is 0 Å². The van der Waals surface area contributed by atoms with Crippen LogP contribution in [0.2, 0.25) is 0 Å². The predicted octanol–water partition coefficient (Wildman–Crippen LogP) is -0.403. The van der Waals surface area contributed by atoms with Gasteiger partial charge in [0.1, 0.15) is 15.7 Å². The largest absolute Gasteiger partial charge is 0.344 e. The van der Waals surface area contributed by atoms with Crippen LogP contribution in [0.4, 0.5) is 5.13 Å². The smallest absolute Gasteiger partial charge is 0.215 e. The van der Waals surface area contributed by atoms with Crippen molar-refractivity contribution in [2.45, 2.75) is 13.3 Å². The summed E-state index contributed by atoms with van der Waals surface area (Å²) in [6.07, 6.45) is 1.82. The summed E-state index contributed by atoms with van der Waals surface area (Å²) in [5.41, 5.74) is 0. The molecule has 8 nitrogen and oxygen atoms in total. The number of hydrogen-bond donors (Lipinski definition) is 0. The van der Waals surface area contributed by atoms with E-state index in [1.54, 1.807) is 0 Å². The van der Waals surface area contributed by atoms with Crippen LogP contribution < -0.4 is 4.90 Å². The Balaban J connectivity index is 1.93. The highest BCUT2D eigenvalue weighted by atomic mass is 32.2. The van der Waals surface area contributed by atoms with Crippen LogP contribution in [-0.4, -0.2) is 74.4 Å². The van der Waals surface area contributed by atoms with Crippen molar-refractivity contribution in [3.05, 3.63) is 5.82 Å². The van der Waals surface area contributed by atoms with Gasteiger partial charge < -0.3 is 4.90 Å². The second-order valence-corrected chi connectivity index (χ2v) is 10.3. The molecule has 126 valence electrons. The third-order valence-corrected chi connectivity index (χ3v) is 7.28. The molecule has 0 amide bonds. The number of hydrogen-bond acceptors (Lipinski definition) is 8. The molecule has 0 bridgehead atoms. The first-order chi connectivity index (χ1) is 10.2. The summed E-state index contributed by atoms with van der Waals surface area (Å²) in [5, 5.41) is 0.810. The molecule has 11 heteroatoms. The van der Waals surface area contributed by atoms with E-state index in [0.29, 0.717) is 26.2 Å². The highest BCUT2D eigenvalue weighted by Gasteiger charge is 2.28. The minimum Gasteiger partial charge on any atom is -0.344 e. The molecule has 0 spiro atoms. The van der Waals surface area contributed by atoms with Crippen LogP contribution in [0.25, 0.3) is 0 Å². The Morgan fingerprint density at radius 3 is 2.23 bits per heavy atom. The third kappa shape index (κ3) is 4.61. The van der Waals surface area contributed by atoms with Gasteiger partial charge in [0.15, 0.2) is 0 Å². The van der Waals surface area contributed by atoms with Crippen molar-refractivity contribution in [3.8, 4) is 0 Å². The minimum absolute atomic E-state index is 0.340. The molecule has 0 N–H and O–H groups in total. The zero-order chi connectivity index (χ0) is 16.4. The maximum absolute atomic E-state index is 12.1. The first-order valence-electron chi connectivity index (χ1n) is 6.94. The van der Waals surface area contributed by atoms with Gasteiger partial charge in [0.05, 0.1) is 11.5 Å². The van der Waals surface area contributed by atoms with Gasteiger partial charge >= 0.3 is 0 Å². The molecule has 0 atom stereocenters. The Morgan fingerprint density at radius 2 is 1.73 bits per heavy atom. The standard InChI is InChI=1S/C11H20N4O4S3/c1-3-10-12-11(20-13-10)14-4-6-15(7-5-14)22(18,19)9-8-21(2,16)17/h3-9H2,1-2H3. The van der Waals surface area contributed by atoms with E-state index < -0.39 is 19.9 Å². The van der Waals surface area contributed by atoms with Crippen molar-refractivity contribution < 1.29 is 16.8 Å². The maximum Gasteiger partial charge on any atom is 0.215 e. The lowest BCUT2D eigenvalue weighted by molar-refractivity contribution is 0.385. The van der Waals surface area contributed by atoms with E-state index in [-0.39, 0.29) is 11.5 Å². The number of aromatic nitrogens is 2. The van der Waals surface area contributed by atoms with Gasteiger partial charge in [0.2, 0.25) is 15.2 Å². The van der Waals surface area contributed by atoms with Gasteiger partial charge in [-0.25, -0.2) is 21.8 Å². The monoisotopic (exact) mass is 368 g/mol. The van der Waals surface area contributed by atoms with Crippen LogP contribution >= 0.6 is 11.5 Å². The molecule has 0 unspecified atom stereocenters. The predicted molar refractivity (Wildman–Crippen MR) is 86.6 cm³/mol. The molecule has 0 radical (unpaired) electrons. The Labute approximate surface area is 135 Å². The van der Waals surface area contributed by atoms with Crippen molar-refractivity contribution in [2.24, 2.45) is 0 Å². The maximum atomic E-state index is 12.1. The fourth-order valence-corrected chi connectivity index (χ4v) is 5.89. The minimum atomic E-state index is -3.53. The summed E-state index contributed by atoms with van der Waals surface area (Å²) in [6, 6.07) is 0. The summed E-state index contributed by atoms with van der Waals surface area (Å²) in [7, 11) is -6.81. The number of sulfone groups is 1. The summed E-state index contributed by atoms with van der Waals surface area (Å²) >= 11 is 1.32. The van der Waals surface area contributed by atoms with Gasteiger partial charge in [0, 0.05) is 50.4 Å². The van der Waals surface area contributed by atoms with Gasteiger partial charge in [-0.3, -0.25) is 0 Å². The number of nitrogens with zero attached hydrogens (tertiary/aromatic N) is 4. The third-order valence-electron chi connectivity index (χ3n) is 3.39. The Kier molecular flexibility index (Phi) is 5.41. The topological polar surface area (TPSA) is 101 Å². The number of rotatable bonds is 6. The molecule has 1 saturated heterocycles. The molecule has 1 aliphatic rings. The van der Waals surface area contributed by atoms with Crippen molar-refractivity contribution in [3.63, 3.8) is 0 Å². The van der Waals surface area contributed by atoms with Crippen LogP contribution in [0, 0.1) is 0 Å². The van der Waals surface area contributed by atoms with Crippen molar-refractivity contribution in [2.75, 3.05) is 48.8 Å². The lowest BCUT2D eigenvalue weighted by atomic mass is 10.4. The lowest BCUT2D eigenvalue weighted by Crippen LogP contribution is -2.49. The number of sulfonamides is 1. The first kappa shape index (κ1) is 17.6. The van der Waals surface area contributed by atoms with Crippen molar-refractivity contribution >= 4 is 36.5 Å². The number of piperazine rings is 1. The summed E-state index contributed by atoms with van der Waals surface area (Å²) in [5.74, 6) is 0.0966. The van der Waals surface area contributed by atoms with E-state index in [4.69, 9.17) is 0 Å². The van der Waals surface area contributed by atoms with Crippen LogP contribution in [0.5, 0.6) is 0 Å². The molecule has 1 fully saturated rings. The first-order valence-corrected chi connectivity index (χ1v) is 11.4. The fraction of sp³-hybridized carbons (Fsp3) is 0.818. The Hall–Kier alpha value is -0.780. The van der Waals surface area contributed by atoms with Crippen molar-refractivity contribution in [1.82, 2.24) is 13.7 Å². The number of anilines is 1. The van der Waals surface area contributed by atoms with E-state index in [2.05, 4.69) is 9.36 Å². The van der Waals surface area contributed by atoms with Gasteiger partial charge in [-0.05, 0) is 0 Å². The molecular weight excluding hydrogens is 348 g/mol. The molecule has 0 saturated carbocycles. The zero-order valence-electron chi connectivity index (χ0n) is 12.6. The summed E-state index contributed by atoms with van der Waals surface area (Å²) < 4.78 is 52.1. The van der Waals surface area contributed by atoms with E-state index in [1.807, 2.05) is 11.8 Å². The highest BCUT2D eigenvalue weighted by Crippen LogP contribution is 2.20. The fourth-order valence-electron chi connectivity index (χ4n) is 2.06. The van der Waals surface area contributed by atoms with E-state index in [9.17, 15) is 16.8 Å². The second kappa shape index (κ2) is 6.77. The van der Waals surface area contributed by atoms with E-state index in [0.717, 1.165) is 23.6 Å². The quantitative estimate of drug-likeness (QED) is 0.673. The Morgan fingerprint density at radius 1 is 1.09 bits per heavy atom. The van der Waals surface area contributed by atoms with Gasteiger partial charge in [0.25, 0.3) is 0 Å². The van der Waals surface area contributed by atoms with Crippen LogP contribution in [0.3, 0.4) is 0 Å². The molecule has 1 aromatic rings. The molecule has 2 heterocycles. The normalized spacial score (nSPS) is 17.8. The van der Waals surface area contributed by atoms with Crippen LogP contribution in [0.1, 0.15) is 12.7 Å². The van der Waals surface area contributed by atoms with Gasteiger partial charge in [-0.2, -0.15) is 8.68 Å². The molecule has 1 aliphatic heterocycles. The summed E-state index contributed by atoms with van der Waals surface area (Å²) in [4.78, 5) is 6.41. The highest BCUT2D eigenvalue weighted by molar-refractivity contribution is 7.93. The lowest BCUT2D eigenvalue weighted by Gasteiger charge is -2.33. The van der Waals surface area contributed by atoms with Crippen LogP contribution in [-0.2, 0) is 26.3 Å². The summed E-state index contributed by atoms with van der Waals surface area (Å²) in [6.45, 7) is 3.74. The SMILES string of the molecule is CCc1nsc(N2CCN(S(=O)(=O)CCS(C)(=O)=O)CC2)n1. The zero-order valence-corrected chi connectivity index (χ0v) is 15.0.